The van der Waals surface area contributed by atoms with Crippen LogP contribution in [0.4, 0.5) is 0 Å². The van der Waals surface area contributed by atoms with E-state index in [4.69, 9.17) is 12.2 Å². The average molecular weight is 353 g/mol. The molecule has 0 bridgehead atoms. The second kappa shape index (κ2) is 7.74. The molecule has 1 amide bonds. The lowest BCUT2D eigenvalue weighted by Crippen LogP contribution is -2.58. The maximum Gasteiger partial charge on any atom is 0.251 e. The van der Waals surface area contributed by atoms with E-state index in [0.717, 1.165) is 36.2 Å². The van der Waals surface area contributed by atoms with Crippen molar-refractivity contribution >= 4 is 23.1 Å². The minimum Gasteiger partial charge on any atom is -0.382 e. The van der Waals surface area contributed by atoms with Crippen LogP contribution in [0.5, 0.6) is 0 Å². The predicted octanol–water partition coefficient (Wildman–Crippen LogP) is 3.24. The summed E-state index contributed by atoms with van der Waals surface area (Å²) in [6, 6.07) is 13.3. The van der Waals surface area contributed by atoms with Crippen molar-refractivity contribution in [3.63, 3.8) is 0 Å². The molecule has 5 heteroatoms. The van der Waals surface area contributed by atoms with E-state index in [1.54, 1.807) is 6.20 Å². The number of hydrogen-bond donors (Lipinski definition) is 2. The zero-order chi connectivity index (χ0) is 17.7. The van der Waals surface area contributed by atoms with Gasteiger partial charge in [0.25, 0.3) is 5.91 Å². The largest absolute Gasteiger partial charge is 0.382 e. The van der Waals surface area contributed by atoms with Crippen molar-refractivity contribution in [3.05, 3.63) is 66.0 Å². The molecule has 1 aromatic heterocycles. The van der Waals surface area contributed by atoms with E-state index in [9.17, 15) is 4.79 Å². The number of aromatic nitrogens is 1. The third-order valence-electron chi connectivity index (χ3n) is 5.06. The molecule has 0 saturated heterocycles. The molecule has 1 fully saturated rings. The summed E-state index contributed by atoms with van der Waals surface area (Å²) in [5.74, 6) is -0.0559. The van der Waals surface area contributed by atoms with Gasteiger partial charge in [0.2, 0.25) is 0 Å². The van der Waals surface area contributed by atoms with Gasteiger partial charge in [0.15, 0.2) is 0 Å². The lowest BCUT2D eigenvalue weighted by Gasteiger charge is -2.45. The van der Waals surface area contributed by atoms with E-state index in [-0.39, 0.29) is 11.9 Å². The maximum atomic E-state index is 12.8. The van der Waals surface area contributed by atoms with Crippen molar-refractivity contribution in [2.45, 2.75) is 37.1 Å². The SMILES string of the molecule is CNC(=S)[C@@]1(c2cccnc2)CCCCC1NC(=O)c1ccccc1. The molecule has 1 aliphatic rings. The number of pyridine rings is 1. The van der Waals surface area contributed by atoms with Crippen molar-refractivity contribution in [1.29, 1.82) is 0 Å². The quantitative estimate of drug-likeness (QED) is 0.829. The Balaban J connectivity index is 1.97. The first kappa shape index (κ1) is 17.5. The van der Waals surface area contributed by atoms with Gasteiger partial charge < -0.3 is 10.6 Å². The molecule has 25 heavy (non-hydrogen) atoms. The van der Waals surface area contributed by atoms with E-state index in [2.05, 4.69) is 21.7 Å². The normalized spacial score (nSPS) is 22.8. The molecule has 0 aliphatic heterocycles. The molecule has 0 spiro atoms. The molecule has 1 aliphatic carbocycles. The van der Waals surface area contributed by atoms with Gasteiger partial charge in [-0.1, -0.05) is 49.3 Å². The molecule has 2 N–H and O–H groups in total. The molecule has 2 atom stereocenters. The summed E-state index contributed by atoms with van der Waals surface area (Å²) in [5, 5.41) is 6.41. The first-order valence-corrected chi connectivity index (χ1v) is 9.08. The van der Waals surface area contributed by atoms with Crippen molar-refractivity contribution in [3.8, 4) is 0 Å². The number of likely N-dealkylation sites (N-methyl/N-ethyl adjacent to an activating group) is 1. The summed E-state index contributed by atoms with van der Waals surface area (Å²) in [6.45, 7) is 0. The fourth-order valence-electron chi connectivity index (χ4n) is 3.80. The minimum atomic E-state index is -0.416. The Kier molecular flexibility index (Phi) is 5.43. The zero-order valence-electron chi connectivity index (χ0n) is 14.4. The second-order valence-electron chi connectivity index (χ2n) is 6.43. The number of carbonyl (C=O) groups is 1. The number of benzene rings is 1. The van der Waals surface area contributed by atoms with Gasteiger partial charge in [0.05, 0.1) is 10.4 Å². The highest BCUT2D eigenvalue weighted by molar-refractivity contribution is 7.80. The topological polar surface area (TPSA) is 54.0 Å². The Labute approximate surface area is 154 Å². The van der Waals surface area contributed by atoms with Crippen LogP contribution < -0.4 is 10.6 Å². The maximum absolute atomic E-state index is 12.8. The minimum absolute atomic E-state index is 0.0559. The van der Waals surface area contributed by atoms with Crippen LogP contribution in [0, 0.1) is 0 Å². The Morgan fingerprint density at radius 3 is 2.68 bits per heavy atom. The van der Waals surface area contributed by atoms with Gasteiger partial charge in [-0.15, -0.1) is 0 Å². The molecule has 1 saturated carbocycles. The highest BCUT2D eigenvalue weighted by Crippen LogP contribution is 2.40. The highest BCUT2D eigenvalue weighted by atomic mass is 32.1. The van der Waals surface area contributed by atoms with Gasteiger partial charge in [-0.05, 0) is 36.6 Å². The first-order valence-electron chi connectivity index (χ1n) is 8.67. The number of nitrogens with zero attached hydrogens (tertiary/aromatic N) is 1. The van der Waals surface area contributed by atoms with Gasteiger partial charge in [-0.3, -0.25) is 9.78 Å². The van der Waals surface area contributed by atoms with Crippen LogP contribution in [0.3, 0.4) is 0 Å². The molecule has 4 nitrogen and oxygen atoms in total. The van der Waals surface area contributed by atoms with Gasteiger partial charge in [0.1, 0.15) is 0 Å². The fourth-order valence-corrected chi connectivity index (χ4v) is 4.16. The van der Waals surface area contributed by atoms with Crippen LogP contribution in [0.25, 0.3) is 0 Å². The fraction of sp³-hybridized carbons (Fsp3) is 0.350. The molecule has 1 heterocycles. The van der Waals surface area contributed by atoms with E-state index in [1.165, 1.54) is 0 Å². The number of nitrogens with one attached hydrogen (secondary N) is 2. The lowest BCUT2D eigenvalue weighted by molar-refractivity contribution is 0.0909. The standard InChI is InChI=1S/C20H23N3OS/c1-21-19(25)20(16-10-7-13-22-14-16)12-6-5-11-17(20)23-18(24)15-8-3-2-4-9-15/h2-4,7-10,13-14,17H,5-6,11-12H2,1H3,(H,21,25)(H,23,24)/t17?,20-/m1/s1. The van der Waals surface area contributed by atoms with Crippen LogP contribution >= 0.6 is 12.2 Å². The number of rotatable bonds is 4. The average Bonchev–Trinajstić information content (AvgIpc) is 2.69. The molecule has 1 aromatic carbocycles. The smallest absolute Gasteiger partial charge is 0.251 e. The summed E-state index contributed by atoms with van der Waals surface area (Å²) < 4.78 is 0. The number of hydrogen-bond acceptors (Lipinski definition) is 3. The second-order valence-corrected chi connectivity index (χ2v) is 6.84. The van der Waals surface area contributed by atoms with Gasteiger partial charge >= 0.3 is 0 Å². The third-order valence-corrected chi connectivity index (χ3v) is 5.63. The summed E-state index contributed by atoms with van der Waals surface area (Å²) in [6.07, 6.45) is 7.59. The third kappa shape index (κ3) is 3.42. The van der Waals surface area contributed by atoms with Crippen molar-refractivity contribution in [2.24, 2.45) is 0 Å². The predicted molar refractivity (Wildman–Crippen MR) is 104 cm³/mol. The van der Waals surface area contributed by atoms with Crippen LogP contribution in [0.15, 0.2) is 54.9 Å². The van der Waals surface area contributed by atoms with Crippen LogP contribution in [0.2, 0.25) is 0 Å². The van der Waals surface area contributed by atoms with Gasteiger partial charge in [-0.2, -0.15) is 0 Å². The summed E-state index contributed by atoms with van der Waals surface area (Å²) in [7, 11) is 1.85. The molecular formula is C20H23N3OS. The van der Waals surface area contributed by atoms with Crippen LogP contribution in [0.1, 0.15) is 41.6 Å². The molecular weight excluding hydrogens is 330 g/mol. The van der Waals surface area contributed by atoms with Crippen molar-refractivity contribution in [2.75, 3.05) is 7.05 Å². The van der Waals surface area contributed by atoms with Crippen LogP contribution in [-0.2, 0) is 5.41 Å². The first-order chi connectivity index (χ1) is 12.2. The Bertz CT molecular complexity index is 735. The summed E-state index contributed by atoms with van der Waals surface area (Å²) in [4.78, 5) is 17.8. The van der Waals surface area contributed by atoms with E-state index in [0.29, 0.717) is 5.56 Å². The van der Waals surface area contributed by atoms with E-state index < -0.39 is 5.41 Å². The zero-order valence-corrected chi connectivity index (χ0v) is 15.2. The molecule has 1 unspecified atom stereocenters. The molecule has 3 rings (SSSR count). The molecule has 2 aromatic rings. The van der Waals surface area contributed by atoms with Crippen molar-refractivity contribution < 1.29 is 4.79 Å². The van der Waals surface area contributed by atoms with Crippen molar-refractivity contribution in [1.82, 2.24) is 15.6 Å². The Hall–Kier alpha value is -2.27. The van der Waals surface area contributed by atoms with E-state index >= 15 is 0 Å². The number of carbonyl (C=O) groups excluding carboxylic acids is 1. The van der Waals surface area contributed by atoms with Gasteiger partial charge in [0, 0.05) is 31.0 Å². The summed E-state index contributed by atoms with van der Waals surface area (Å²) >= 11 is 5.73. The monoisotopic (exact) mass is 353 g/mol. The van der Waals surface area contributed by atoms with Crippen LogP contribution in [-0.4, -0.2) is 29.0 Å². The van der Waals surface area contributed by atoms with E-state index in [1.807, 2.05) is 49.6 Å². The molecule has 130 valence electrons. The lowest BCUT2D eigenvalue weighted by atomic mass is 9.66. The Morgan fingerprint density at radius 1 is 1.20 bits per heavy atom. The highest BCUT2D eigenvalue weighted by Gasteiger charge is 2.46. The Morgan fingerprint density at radius 2 is 2.00 bits per heavy atom. The number of amides is 1. The summed E-state index contributed by atoms with van der Waals surface area (Å²) in [5.41, 5.74) is 1.32. The molecule has 0 radical (unpaired) electrons. The number of thiocarbonyl (C=S) groups is 1. The van der Waals surface area contributed by atoms with Gasteiger partial charge in [-0.25, -0.2) is 0 Å².